The Morgan fingerprint density at radius 3 is 2.64 bits per heavy atom. The van der Waals surface area contributed by atoms with Crippen LogP contribution in [0.1, 0.15) is 26.7 Å². The summed E-state index contributed by atoms with van der Waals surface area (Å²) in [5, 5.41) is 0. The summed E-state index contributed by atoms with van der Waals surface area (Å²) in [7, 11) is 0. The van der Waals surface area contributed by atoms with E-state index in [0.29, 0.717) is 26.1 Å². The number of hydrogen-bond donors (Lipinski definition) is 0. The molecule has 4 nitrogen and oxygen atoms in total. The van der Waals surface area contributed by atoms with E-state index in [4.69, 9.17) is 4.74 Å². The largest absolute Gasteiger partial charge is 0.501 e. The molecule has 0 fully saturated rings. The molecular weight excluding hydrogens is 184 g/mol. The van der Waals surface area contributed by atoms with Gasteiger partial charge >= 0.3 is 5.97 Å². The van der Waals surface area contributed by atoms with Gasteiger partial charge in [-0.2, -0.15) is 0 Å². The highest BCUT2D eigenvalue weighted by Crippen LogP contribution is 1.92. The number of rotatable bonds is 7. The zero-order valence-corrected chi connectivity index (χ0v) is 8.62. The SMILES string of the molecule is CCOC(=O)/C=C/OCCCC(C)=O. The van der Waals surface area contributed by atoms with Crippen LogP contribution in [0.25, 0.3) is 0 Å². The maximum Gasteiger partial charge on any atom is 0.333 e. The van der Waals surface area contributed by atoms with Crippen LogP contribution >= 0.6 is 0 Å². The Balaban J connectivity index is 3.35. The van der Waals surface area contributed by atoms with Crippen LogP contribution in [0.5, 0.6) is 0 Å². The van der Waals surface area contributed by atoms with E-state index in [2.05, 4.69) is 4.74 Å². The molecule has 0 aromatic heterocycles. The highest BCUT2D eigenvalue weighted by atomic mass is 16.5. The summed E-state index contributed by atoms with van der Waals surface area (Å²) < 4.78 is 9.59. The van der Waals surface area contributed by atoms with E-state index >= 15 is 0 Å². The van der Waals surface area contributed by atoms with Gasteiger partial charge < -0.3 is 14.3 Å². The second-order valence-electron chi connectivity index (χ2n) is 2.73. The summed E-state index contributed by atoms with van der Waals surface area (Å²) in [5.74, 6) is -0.276. The van der Waals surface area contributed by atoms with Gasteiger partial charge in [0, 0.05) is 6.42 Å². The molecule has 0 aromatic carbocycles. The zero-order chi connectivity index (χ0) is 10.8. The Kier molecular flexibility index (Phi) is 7.50. The smallest absolute Gasteiger partial charge is 0.333 e. The third-order valence-corrected chi connectivity index (χ3v) is 1.38. The third-order valence-electron chi connectivity index (χ3n) is 1.38. The average molecular weight is 200 g/mol. The minimum Gasteiger partial charge on any atom is -0.501 e. The highest BCUT2D eigenvalue weighted by molar-refractivity contribution is 5.81. The Bertz CT molecular complexity index is 208. The minimum atomic E-state index is -0.418. The monoisotopic (exact) mass is 200 g/mol. The Labute approximate surface area is 83.9 Å². The molecule has 0 heterocycles. The van der Waals surface area contributed by atoms with Crippen molar-refractivity contribution in [1.82, 2.24) is 0 Å². The quantitative estimate of drug-likeness (QED) is 0.270. The van der Waals surface area contributed by atoms with E-state index in [-0.39, 0.29) is 5.78 Å². The second kappa shape index (κ2) is 8.29. The Morgan fingerprint density at radius 1 is 1.36 bits per heavy atom. The molecule has 0 aliphatic heterocycles. The van der Waals surface area contributed by atoms with Crippen LogP contribution in [-0.4, -0.2) is 25.0 Å². The number of carbonyl (C=O) groups is 2. The molecule has 0 aromatic rings. The van der Waals surface area contributed by atoms with Gasteiger partial charge in [-0.1, -0.05) is 0 Å². The first kappa shape index (κ1) is 12.7. The first-order valence-corrected chi connectivity index (χ1v) is 4.61. The summed E-state index contributed by atoms with van der Waals surface area (Å²) in [6.07, 6.45) is 3.69. The molecule has 80 valence electrons. The van der Waals surface area contributed by atoms with E-state index < -0.39 is 5.97 Å². The Hall–Kier alpha value is -1.32. The van der Waals surface area contributed by atoms with Gasteiger partial charge in [-0.05, 0) is 20.3 Å². The summed E-state index contributed by atoms with van der Waals surface area (Å²) in [4.78, 5) is 21.3. The van der Waals surface area contributed by atoms with E-state index in [1.54, 1.807) is 6.92 Å². The maximum atomic E-state index is 10.7. The van der Waals surface area contributed by atoms with Crippen molar-refractivity contribution >= 4 is 11.8 Å². The van der Waals surface area contributed by atoms with Crippen LogP contribution in [-0.2, 0) is 19.1 Å². The van der Waals surface area contributed by atoms with Crippen molar-refractivity contribution in [3.63, 3.8) is 0 Å². The lowest BCUT2D eigenvalue weighted by molar-refractivity contribution is -0.137. The predicted octanol–water partition coefficient (Wildman–Crippen LogP) is 1.45. The standard InChI is InChI=1S/C10H16O4/c1-3-14-10(12)6-8-13-7-4-5-9(2)11/h6,8H,3-5,7H2,1-2H3/b8-6+. The average Bonchev–Trinajstić information content (AvgIpc) is 2.11. The number of esters is 1. The number of Topliss-reactive ketones (excluding diaryl/α,β-unsaturated/α-hetero) is 1. The molecule has 0 saturated carbocycles. The fraction of sp³-hybridized carbons (Fsp3) is 0.600. The van der Waals surface area contributed by atoms with Gasteiger partial charge in [0.05, 0.1) is 25.6 Å². The van der Waals surface area contributed by atoms with Crippen LogP contribution in [0.15, 0.2) is 12.3 Å². The Morgan fingerprint density at radius 2 is 2.07 bits per heavy atom. The predicted molar refractivity (Wildman–Crippen MR) is 51.6 cm³/mol. The molecule has 0 aliphatic carbocycles. The van der Waals surface area contributed by atoms with Crippen molar-refractivity contribution in [3.05, 3.63) is 12.3 Å². The van der Waals surface area contributed by atoms with Crippen LogP contribution in [0, 0.1) is 0 Å². The van der Waals surface area contributed by atoms with Crippen molar-refractivity contribution in [3.8, 4) is 0 Å². The molecule has 0 saturated heterocycles. The molecule has 0 rings (SSSR count). The molecule has 0 amide bonds. The van der Waals surface area contributed by atoms with Crippen molar-refractivity contribution in [2.24, 2.45) is 0 Å². The summed E-state index contributed by atoms with van der Waals surface area (Å²) >= 11 is 0. The molecule has 0 bridgehead atoms. The molecule has 0 N–H and O–H groups in total. The fourth-order valence-electron chi connectivity index (χ4n) is 0.767. The number of ketones is 1. The molecule has 0 aliphatic rings. The number of hydrogen-bond acceptors (Lipinski definition) is 4. The van der Waals surface area contributed by atoms with E-state index in [1.165, 1.54) is 19.3 Å². The summed E-state index contributed by atoms with van der Waals surface area (Å²) in [6, 6.07) is 0. The van der Waals surface area contributed by atoms with Crippen molar-refractivity contribution < 1.29 is 19.1 Å². The van der Waals surface area contributed by atoms with Gasteiger partial charge in [-0.15, -0.1) is 0 Å². The first-order valence-electron chi connectivity index (χ1n) is 4.61. The number of carbonyl (C=O) groups excluding carboxylic acids is 2. The highest BCUT2D eigenvalue weighted by Gasteiger charge is 1.94. The molecule has 0 unspecified atom stereocenters. The van der Waals surface area contributed by atoms with Crippen LogP contribution in [0.2, 0.25) is 0 Å². The fourth-order valence-corrected chi connectivity index (χ4v) is 0.767. The molecule has 14 heavy (non-hydrogen) atoms. The lowest BCUT2D eigenvalue weighted by atomic mass is 10.2. The van der Waals surface area contributed by atoms with Gasteiger partial charge in [0.2, 0.25) is 0 Å². The normalized spacial score (nSPS) is 10.1. The third kappa shape index (κ3) is 8.77. The van der Waals surface area contributed by atoms with E-state index in [0.717, 1.165) is 0 Å². The van der Waals surface area contributed by atoms with Crippen LogP contribution < -0.4 is 0 Å². The molecule has 0 atom stereocenters. The topological polar surface area (TPSA) is 52.6 Å². The molecule has 0 radical (unpaired) electrons. The molecular formula is C10H16O4. The summed E-state index contributed by atoms with van der Waals surface area (Å²) in [6.45, 7) is 4.07. The van der Waals surface area contributed by atoms with E-state index in [1.807, 2.05) is 0 Å². The van der Waals surface area contributed by atoms with Crippen molar-refractivity contribution in [1.29, 1.82) is 0 Å². The van der Waals surface area contributed by atoms with E-state index in [9.17, 15) is 9.59 Å². The number of ether oxygens (including phenoxy) is 2. The lowest BCUT2D eigenvalue weighted by Crippen LogP contribution is -2.00. The lowest BCUT2D eigenvalue weighted by Gasteiger charge is -1.98. The molecule has 4 heteroatoms. The van der Waals surface area contributed by atoms with Gasteiger partial charge in [-0.3, -0.25) is 0 Å². The van der Waals surface area contributed by atoms with Gasteiger partial charge in [-0.25, -0.2) is 4.79 Å². The maximum absolute atomic E-state index is 10.7. The van der Waals surface area contributed by atoms with Gasteiger partial charge in [0.25, 0.3) is 0 Å². The minimum absolute atomic E-state index is 0.142. The van der Waals surface area contributed by atoms with Crippen LogP contribution in [0.3, 0.4) is 0 Å². The van der Waals surface area contributed by atoms with Gasteiger partial charge in [0.15, 0.2) is 0 Å². The second-order valence-corrected chi connectivity index (χ2v) is 2.73. The van der Waals surface area contributed by atoms with Crippen molar-refractivity contribution in [2.75, 3.05) is 13.2 Å². The summed E-state index contributed by atoms with van der Waals surface area (Å²) in [5.41, 5.74) is 0. The van der Waals surface area contributed by atoms with Gasteiger partial charge in [0.1, 0.15) is 5.78 Å². The van der Waals surface area contributed by atoms with Crippen molar-refractivity contribution in [2.45, 2.75) is 26.7 Å². The zero-order valence-electron chi connectivity index (χ0n) is 8.62. The van der Waals surface area contributed by atoms with Crippen LogP contribution in [0.4, 0.5) is 0 Å². The first-order chi connectivity index (χ1) is 6.66. The molecule has 0 spiro atoms.